The molecular formula is C26H20Cl2N3O3PS. The molecule has 3 heterocycles. The summed E-state index contributed by atoms with van der Waals surface area (Å²) in [6.45, 7) is 0.679. The number of nitrogens with one attached hydrogen (secondary N) is 1. The van der Waals surface area contributed by atoms with Gasteiger partial charge in [0, 0.05) is 34.4 Å². The van der Waals surface area contributed by atoms with Crippen molar-refractivity contribution in [2.45, 2.75) is 0 Å². The number of carboxylic acid groups (broad SMARTS) is 1. The third-order valence-corrected chi connectivity index (χ3v) is 9.19. The van der Waals surface area contributed by atoms with Crippen LogP contribution in [0.15, 0.2) is 82.4 Å². The Hall–Kier alpha value is -2.80. The summed E-state index contributed by atoms with van der Waals surface area (Å²) < 4.78 is 5.64. The third-order valence-electron chi connectivity index (χ3n) is 5.70. The van der Waals surface area contributed by atoms with Gasteiger partial charge >= 0.3 is 5.97 Å². The lowest BCUT2D eigenvalue weighted by Crippen LogP contribution is -2.15. The number of hydrogen-bond acceptors (Lipinski definition) is 6. The van der Waals surface area contributed by atoms with Crippen molar-refractivity contribution in [3.63, 3.8) is 0 Å². The highest BCUT2D eigenvalue weighted by Gasteiger charge is 2.23. The van der Waals surface area contributed by atoms with Crippen molar-refractivity contribution >= 4 is 71.7 Å². The number of benzene rings is 2. The van der Waals surface area contributed by atoms with Gasteiger partial charge in [-0.2, -0.15) is 0 Å². The molecule has 2 atom stereocenters. The fourth-order valence-corrected chi connectivity index (χ4v) is 6.85. The predicted octanol–water partition coefficient (Wildman–Crippen LogP) is 7.06. The van der Waals surface area contributed by atoms with E-state index >= 15 is 0 Å². The highest BCUT2D eigenvalue weighted by molar-refractivity contribution is 7.62. The van der Waals surface area contributed by atoms with Gasteiger partial charge in [0.05, 0.1) is 28.7 Å². The van der Waals surface area contributed by atoms with E-state index < -0.39 is 14.3 Å². The summed E-state index contributed by atoms with van der Waals surface area (Å²) in [6, 6.07) is 14.9. The standard InChI is InChI=1S/C26H20Cl2N3O3PS/c1-34-35(23-9-8-18(27)11-19(23)28)31-22-13-24(36-25(22)26(32)33)16-6-4-15(5-7-16)20-12-21-17(14-30-20)3-2-10-29-21/h2-13,17,31H,14H2,1H3,(H,32,33). The molecule has 1 aromatic heterocycles. The Morgan fingerprint density at radius 2 is 1.94 bits per heavy atom. The van der Waals surface area contributed by atoms with Crippen molar-refractivity contribution in [2.75, 3.05) is 18.7 Å². The number of halogens is 2. The molecule has 2 N–H and O–H groups in total. The van der Waals surface area contributed by atoms with Crippen LogP contribution in [0.2, 0.25) is 10.0 Å². The first-order chi connectivity index (χ1) is 17.4. The Bertz CT molecular complexity index is 1450. The molecule has 2 aliphatic rings. The molecule has 6 nitrogen and oxygen atoms in total. The Kier molecular flexibility index (Phi) is 7.37. The monoisotopic (exact) mass is 555 g/mol. The average molecular weight is 556 g/mol. The zero-order valence-electron chi connectivity index (χ0n) is 19.0. The number of rotatable bonds is 7. The zero-order chi connectivity index (χ0) is 25.2. The van der Waals surface area contributed by atoms with Crippen molar-refractivity contribution in [2.24, 2.45) is 15.9 Å². The second-order valence-electron chi connectivity index (χ2n) is 7.99. The first-order valence-corrected chi connectivity index (χ1v) is 13.8. The van der Waals surface area contributed by atoms with Crippen LogP contribution in [-0.2, 0) is 4.52 Å². The summed E-state index contributed by atoms with van der Waals surface area (Å²) >= 11 is 13.6. The number of aromatic carboxylic acids is 1. The molecule has 0 saturated heterocycles. The summed E-state index contributed by atoms with van der Waals surface area (Å²) in [4.78, 5) is 22.2. The van der Waals surface area contributed by atoms with Gasteiger partial charge in [0.25, 0.3) is 0 Å². The minimum Gasteiger partial charge on any atom is -0.477 e. The second-order valence-corrected chi connectivity index (χ2v) is 11.5. The van der Waals surface area contributed by atoms with Crippen LogP contribution in [0, 0.1) is 5.92 Å². The first kappa shape index (κ1) is 24.9. The van der Waals surface area contributed by atoms with Crippen LogP contribution in [0.3, 0.4) is 0 Å². The Balaban J connectivity index is 1.40. The van der Waals surface area contributed by atoms with E-state index in [-0.39, 0.29) is 10.8 Å². The number of allylic oxidation sites excluding steroid dienone is 2. The molecule has 36 heavy (non-hydrogen) atoms. The maximum atomic E-state index is 12.0. The highest BCUT2D eigenvalue weighted by Crippen LogP contribution is 2.43. The van der Waals surface area contributed by atoms with E-state index in [4.69, 9.17) is 32.7 Å². The number of thiophene rings is 1. The smallest absolute Gasteiger partial charge is 0.348 e. The number of dihydropyridines is 2. The van der Waals surface area contributed by atoms with E-state index in [2.05, 4.69) is 16.2 Å². The van der Waals surface area contributed by atoms with E-state index in [0.29, 0.717) is 22.3 Å². The van der Waals surface area contributed by atoms with Crippen LogP contribution in [-0.4, -0.2) is 36.7 Å². The Labute approximate surface area is 223 Å². The number of carboxylic acids is 1. The predicted molar refractivity (Wildman–Crippen MR) is 151 cm³/mol. The van der Waals surface area contributed by atoms with E-state index in [1.807, 2.05) is 42.5 Å². The summed E-state index contributed by atoms with van der Waals surface area (Å²) in [5.74, 6) is -0.775. The Morgan fingerprint density at radius 3 is 2.67 bits per heavy atom. The highest BCUT2D eigenvalue weighted by atomic mass is 35.5. The van der Waals surface area contributed by atoms with E-state index in [0.717, 1.165) is 32.7 Å². The average Bonchev–Trinajstić information content (AvgIpc) is 3.32. The molecule has 0 saturated carbocycles. The third kappa shape index (κ3) is 5.17. The number of carbonyl (C=O) groups is 1. The number of anilines is 1. The zero-order valence-corrected chi connectivity index (χ0v) is 22.2. The van der Waals surface area contributed by atoms with Crippen molar-refractivity contribution in [3.8, 4) is 10.4 Å². The maximum absolute atomic E-state index is 12.0. The van der Waals surface area contributed by atoms with Crippen molar-refractivity contribution in [1.82, 2.24) is 0 Å². The van der Waals surface area contributed by atoms with Gasteiger partial charge in [0.2, 0.25) is 0 Å². The van der Waals surface area contributed by atoms with Crippen molar-refractivity contribution in [3.05, 3.63) is 92.9 Å². The van der Waals surface area contributed by atoms with Crippen LogP contribution in [0.5, 0.6) is 0 Å². The van der Waals surface area contributed by atoms with Gasteiger partial charge < -0.3 is 14.7 Å². The van der Waals surface area contributed by atoms with Gasteiger partial charge in [-0.1, -0.05) is 53.5 Å². The largest absolute Gasteiger partial charge is 0.477 e. The molecule has 0 bridgehead atoms. The van der Waals surface area contributed by atoms with E-state index in [1.54, 1.807) is 31.5 Å². The van der Waals surface area contributed by atoms with Crippen LogP contribution in [0.1, 0.15) is 15.2 Å². The minimum atomic E-state index is -1.42. The van der Waals surface area contributed by atoms with Gasteiger partial charge in [0.15, 0.2) is 8.30 Å². The molecule has 0 radical (unpaired) electrons. The summed E-state index contributed by atoms with van der Waals surface area (Å²) in [7, 11) is 0.136. The number of aliphatic imine (C=N–C) groups is 2. The topological polar surface area (TPSA) is 83.3 Å². The molecule has 0 amide bonds. The van der Waals surface area contributed by atoms with Crippen LogP contribution < -0.4 is 10.4 Å². The number of hydrogen-bond donors (Lipinski definition) is 2. The van der Waals surface area contributed by atoms with Crippen molar-refractivity contribution < 1.29 is 14.4 Å². The lowest BCUT2D eigenvalue weighted by Gasteiger charge is -2.19. The molecule has 3 aromatic rings. The van der Waals surface area contributed by atoms with Crippen molar-refractivity contribution in [1.29, 1.82) is 0 Å². The summed E-state index contributed by atoms with van der Waals surface area (Å²) in [6.07, 6.45) is 7.88. The fourth-order valence-electron chi connectivity index (χ4n) is 3.90. The van der Waals surface area contributed by atoms with Crippen LogP contribution >= 0.6 is 42.8 Å². The lowest BCUT2D eigenvalue weighted by molar-refractivity contribution is 0.0703. The van der Waals surface area contributed by atoms with Gasteiger partial charge in [-0.25, -0.2) is 4.79 Å². The van der Waals surface area contributed by atoms with Gasteiger partial charge in [-0.15, -0.1) is 11.3 Å². The quantitative estimate of drug-likeness (QED) is 0.306. The van der Waals surface area contributed by atoms with Gasteiger partial charge in [-0.3, -0.25) is 9.98 Å². The first-order valence-electron chi connectivity index (χ1n) is 10.9. The molecule has 0 spiro atoms. The van der Waals surface area contributed by atoms with Gasteiger partial charge in [0.1, 0.15) is 4.88 Å². The maximum Gasteiger partial charge on any atom is 0.348 e. The van der Waals surface area contributed by atoms with E-state index in [1.165, 1.54) is 11.3 Å². The second kappa shape index (κ2) is 10.7. The SMILES string of the molecule is COP(Nc1cc(-c2ccc(C3=NCC4C=CC=NC4=C3)cc2)sc1C(=O)O)c1ccc(Cl)cc1Cl. The molecule has 5 rings (SSSR count). The number of fused-ring (bicyclic) bond motifs is 1. The molecule has 10 heteroatoms. The fraction of sp³-hybridized carbons (Fsp3) is 0.115. The molecule has 182 valence electrons. The molecule has 2 aromatic carbocycles. The molecule has 2 aliphatic heterocycles. The minimum absolute atomic E-state index is 0.194. The molecular weight excluding hydrogens is 536 g/mol. The van der Waals surface area contributed by atoms with E-state index in [9.17, 15) is 9.90 Å². The van der Waals surface area contributed by atoms with Crippen LogP contribution in [0.4, 0.5) is 5.69 Å². The van der Waals surface area contributed by atoms with Crippen LogP contribution in [0.25, 0.3) is 10.4 Å². The molecule has 0 aliphatic carbocycles. The lowest BCUT2D eigenvalue weighted by atomic mass is 9.96. The summed E-state index contributed by atoms with van der Waals surface area (Å²) in [5, 5.41) is 14.8. The van der Waals surface area contributed by atoms with Gasteiger partial charge in [-0.05, 0) is 47.5 Å². The number of nitrogens with zero attached hydrogens (tertiary/aromatic N) is 2. The Morgan fingerprint density at radius 1 is 1.17 bits per heavy atom. The molecule has 0 fully saturated rings. The molecule has 2 unspecified atom stereocenters. The summed E-state index contributed by atoms with van der Waals surface area (Å²) in [5.41, 5.74) is 4.28. The normalized spacial score (nSPS) is 17.2.